The van der Waals surface area contributed by atoms with Crippen molar-refractivity contribution in [3.05, 3.63) is 54.4 Å². The van der Waals surface area contributed by atoms with E-state index in [4.69, 9.17) is 4.74 Å². The molecule has 1 aromatic carbocycles. The summed E-state index contributed by atoms with van der Waals surface area (Å²) in [4.78, 5) is 23.5. The fraction of sp³-hybridized carbons (Fsp3) is 0.278. The van der Waals surface area contributed by atoms with Gasteiger partial charge in [0.25, 0.3) is 5.91 Å². The van der Waals surface area contributed by atoms with E-state index in [1.165, 1.54) is 10.7 Å². The first kappa shape index (κ1) is 18.3. The van der Waals surface area contributed by atoms with Gasteiger partial charge in [-0.1, -0.05) is 12.1 Å². The number of nitrogens with zero attached hydrogens (tertiary/aromatic N) is 2. The van der Waals surface area contributed by atoms with Gasteiger partial charge in [0, 0.05) is 6.20 Å². The van der Waals surface area contributed by atoms with Crippen molar-refractivity contribution < 1.29 is 19.4 Å². The molecule has 1 amide bonds. The lowest BCUT2D eigenvalue weighted by Crippen LogP contribution is -2.40. The molecule has 0 aliphatic rings. The molecule has 2 rings (SSSR count). The number of amides is 1. The van der Waals surface area contributed by atoms with Crippen molar-refractivity contribution in [2.45, 2.75) is 25.8 Å². The SMILES string of the molecule is C=CCCC(NC(=O)c1ccn(-c2cc(C)ccc2OC)n1)C(=O)O. The summed E-state index contributed by atoms with van der Waals surface area (Å²) in [6.45, 7) is 5.50. The maximum absolute atomic E-state index is 12.3. The number of ether oxygens (including phenoxy) is 1. The van der Waals surface area contributed by atoms with Gasteiger partial charge in [-0.05, 0) is 43.5 Å². The summed E-state index contributed by atoms with van der Waals surface area (Å²) >= 11 is 0. The van der Waals surface area contributed by atoms with Crippen LogP contribution in [0.4, 0.5) is 0 Å². The predicted molar refractivity (Wildman–Crippen MR) is 93.2 cm³/mol. The molecule has 0 saturated heterocycles. The molecule has 25 heavy (non-hydrogen) atoms. The highest BCUT2D eigenvalue weighted by Crippen LogP contribution is 2.23. The minimum atomic E-state index is -1.09. The molecule has 0 aliphatic heterocycles. The molecule has 1 heterocycles. The second-order valence-electron chi connectivity index (χ2n) is 5.55. The van der Waals surface area contributed by atoms with Crippen LogP contribution in [-0.2, 0) is 4.79 Å². The van der Waals surface area contributed by atoms with E-state index in [1.54, 1.807) is 19.4 Å². The first-order valence-electron chi connectivity index (χ1n) is 7.81. The van der Waals surface area contributed by atoms with Crippen LogP contribution in [0.25, 0.3) is 5.69 Å². The highest BCUT2D eigenvalue weighted by Gasteiger charge is 2.21. The zero-order valence-electron chi connectivity index (χ0n) is 14.2. The highest BCUT2D eigenvalue weighted by molar-refractivity contribution is 5.94. The van der Waals surface area contributed by atoms with Crippen molar-refractivity contribution in [3.63, 3.8) is 0 Å². The van der Waals surface area contributed by atoms with E-state index < -0.39 is 17.9 Å². The predicted octanol–water partition coefficient (Wildman–Crippen LogP) is 2.34. The molecule has 2 aromatic rings. The minimum absolute atomic E-state index is 0.133. The Labute approximate surface area is 145 Å². The van der Waals surface area contributed by atoms with Gasteiger partial charge < -0.3 is 15.2 Å². The molecule has 7 nitrogen and oxygen atoms in total. The first-order valence-corrected chi connectivity index (χ1v) is 7.81. The standard InChI is InChI=1S/C18H21N3O4/c1-4-5-6-14(18(23)24)19-17(22)13-9-10-21(20-13)15-11-12(2)7-8-16(15)25-3/h4,7-11,14H,1,5-6H2,2-3H3,(H,19,22)(H,23,24). The van der Waals surface area contributed by atoms with Crippen molar-refractivity contribution in [2.75, 3.05) is 7.11 Å². The summed E-state index contributed by atoms with van der Waals surface area (Å²) in [7, 11) is 1.56. The molecule has 1 aromatic heterocycles. The van der Waals surface area contributed by atoms with Crippen molar-refractivity contribution in [3.8, 4) is 11.4 Å². The zero-order chi connectivity index (χ0) is 18.4. The summed E-state index contributed by atoms with van der Waals surface area (Å²) < 4.78 is 6.84. The maximum Gasteiger partial charge on any atom is 0.326 e. The summed E-state index contributed by atoms with van der Waals surface area (Å²) in [5, 5.41) is 15.9. The molecule has 1 atom stereocenters. The Morgan fingerprint density at radius 2 is 2.20 bits per heavy atom. The molecule has 132 valence electrons. The molecule has 0 saturated carbocycles. The number of benzene rings is 1. The monoisotopic (exact) mass is 343 g/mol. The van der Waals surface area contributed by atoms with Crippen LogP contribution in [0.2, 0.25) is 0 Å². The van der Waals surface area contributed by atoms with Gasteiger partial charge in [-0.25, -0.2) is 9.48 Å². The molecule has 7 heteroatoms. The fourth-order valence-corrected chi connectivity index (χ4v) is 2.33. The molecule has 0 bridgehead atoms. The minimum Gasteiger partial charge on any atom is -0.494 e. The van der Waals surface area contributed by atoms with E-state index in [0.717, 1.165) is 5.56 Å². The number of rotatable bonds is 8. The van der Waals surface area contributed by atoms with E-state index in [9.17, 15) is 14.7 Å². The average Bonchev–Trinajstić information content (AvgIpc) is 3.08. The van der Waals surface area contributed by atoms with E-state index in [2.05, 4.69) is 17.0 Å². The van der Waals surface area contributed by atoms with Crippen LogP contribution < -0.4 is 10.1 Å². The Bertz CT molecular complexity index is 782. The van der Waals surface area contributed by atoms with E-state index in [-0.39, 0.29) is 12.1 Å². The third kappa shape index (κ3) is 4.47. The number of aliphatic carboxylic acids is 1. The number of carboxylic acids is 1. The molecule has 0 aliphatic carbocycles. The Morgan fingerprint density at radius 1 is 1.44 bits per heavy atom. The van der Waals surface area contributed by atoms with Gasteiger partial charge in [-0.3, -0.25) is 4.79 Å². The van der Waals surface area contributed by atoms with Crippen molar-refractivity contribution in [1.29, 1.82) is 0 Å². The summed E-state index contributed by atoms with van der Waals surface area (Å²) in [5.74, 6) is -1.01. The normalized spacial score (nSPS) is 11.6. The van der Waals surface area contributed by atoms with Gasteiger partial charge in [0.1, 0.15) is 17.5 Å². The third-order valence-electron chi connectivity index (χ3n) is 3.67. The van der Waals surface area contributed by atoms with Gasteiger partial charge in [0.05, 0.1) is 7.11 Å². The molecule has 0 radical (unpaired) electrons. The van der Waals surface area contributed by atoms with Crippen LogP contribution in [0, 0.1) is 6.92 Å². The lowest BCUT2D eigenvalue weighted by Gasteiger charge is -2.12. The second kappa shape index (κ2) is 8.14. The lowest BCUT2D eigenvalue weighted by molar-refractivity contribution is -0.139. The van der Waals surface area contributed by atoms with Gasteiger partial charge in [-0.2, -0.15) is 5.10 Å². The maximum atomic E-state index is 12.3. The molecule has 1 unspecified atom stereocenters. The van der Waals surface area contributed by atoms with Gasteiger partial charge in [0.15, 0.2) is 5.69 Å². The Hall–Kier alpha value is -3.09. The first-order chi connectivity index (χ1) is 12.0. The molecule has 0 spiro atoms. The molecule has 2 N–H and O–H groups in total. The number of allylic oxidation sites excluding steroid dienone is 1. The Balaban J connectivity index is 2.20. The largest absolute Gasteiger partial charge is 0.494 e. The van der Waals surface area contributed by atoms with E-state index >= 15 is 0 Å². The number of aryl methyl sites for hydroxylation is 1. The lowest BCUT2D eigenvalue weighted by atomic mass is 10.1. The molecular weight excluding hydrogens is 322 g/mol. The topological polar surface area (TPSA) is 93.5 Å². The average molecular weight is 343 g/mol. The molecular formula is C18H21N3O4. The van der Waals surface area contributed by atoms with Crippen LogP contribution >= 0.6 is 0 Å². The van der Waals surface area contributed by atoms with Crippen LogP contribution in [0.15, 0.2) is 43.1 Å². The van der Waals surface area contributed by atoms with Crippen LogP contribution in [0.3, 0.4) is 0 Å². The summed E-state index contributed by atoms with van der Waals surface area (Å²) in [6, 6.07) is 6.17. The number of methoxy groups -OCH3 is 1. The number of hydrogen-bond acceptors (Lipinski definition) is 4. The van der Waals surface area contributed by atoms with Crippen LogP contribution in [-0.4, -0.2) is 39.9 Å². The number of hydrogen-bond donors (Lipinski definition) is 2. The van der Waals surface area contributed by atoms with Gasteiger partial charge in [-0.15, -0.1) is 6.58 Å². The molecule has 0 fully saturated rings. The number of carboxylic acid groups (broad SMARTS) is 1. The van der Waals surface area contributed by atoms with Crippen molar-refractivity contribution in [1.82, 2.24) is 15.1 Å². The number of carbonyl (C=O) groups is 2. The second-order valence-corrected chi connectivity index (χ2v) is 5.55. The van der Waals surface area contributed by atoms with Crippen molar-refractivity contribution >= 4 is 11.9 Å². The van der Waals surface area contributed by atoms with Crippen LogP contribution in [0.5, 0.6) is 5.75 Å². The third-order valence-corrected chi connectivity index (χ3v) is 3.67. The number of carbonyl (C=O) groups excluding carboxylic acids is 1. The number of nitrogens with one attached hydrogen (secondary N) is 1. The van der Waals surface area contributed by atoms with Gasteiger partial charge >= 0.3 is 5.97 Å². The Morgan fingerprint density at radius 3 is 2.84 bits per heavy atom. The quantitative estimate of drug-likeness (QED) is 0.718. The highest BCUT2D eigenvalue weighted by atomic mass is 16.5. The van der Waals surface area contributed by atoms with Gasteiger partial charge in [0.2, 0.25) is 0 Å². The van der Waals surface area contributed by atoms with E-state index in [0.29, 0.717) is 17.9 Å². The smallest absolute Gasteiger partial charge is 0.326 e. The van der Waals surface area contributed by atoms with E-state index in [1.807, 2.05) is 25.1 Å². The number of aromatic nitrogens is 2. The van der Waals surface area contributed by atoms with Crippen molar-refractivity contribution in [2.24, 2.45) is 0 Å². The zero-order valence-corrected chi connectivity index (χ0v) is 14.2. The Kier molecular flexibility index (Phi) is 5.94. The fourth-order valence-electron chi connectivity index (χ4n) is 2.33. The summed E-state index contributed by atoms with van der Waals surface area (Å²) in [6.07, 6.45) is 4.01. The van der Waals surface area contributed by atoms with Crippen LogP contribution in [0.1, 0.15) is 28.9 Å². The summed E-state index contributed by atoms with van der Waals surface area (Å²) in [5.41, 5.74) is 1.85.